The summed E-state index contributed by atoms with van der Waals surface area (Å²) in [7, 11) is 0. The van der Waals surface area contributed by atoms with Crippen molar-refractivity contribution in [2.45, 2.75) is 0 Å². The molecule has 1 saturated heterocycles. The molecule has 0 bridgehead atoms. The lowest BCUT2D eigenvalue weighted by atomic mass is 10.0. The summed E-state index contributed by atoms with van der Waals surface area (Å²) in [4.78, 5) is 0. The molecule has 1 fully saturated rings. The fourth-order valence-corrected chi connectivity index (χ4v) is 1.45. The zero-order valence-corrected chi connectivity index (χ0v) is 5.95. The molecular weight excluding hydrogens is 118 g/mol. The van der Waals surface area contributed by atoms with Crippen LogP contribution < -0.4 is 0 Å². The SMILES string of the molecule is C=CC1CN(SC)C1. The van der Waals surface area contributed by atoms with E-state index in [0.29, 0.717) is 0 Å². The van der Waals surface area contributed by atoms with Gasteiger partial charge in [0, 0.05) is 19.0 Å². The van der Waals surface area contributed by atoms with Gasteiger partial charge in [0.1, 0.15) is 0 Å². The summed E-state index contributed by atoms with van der Waals surface area (Å²) in [5.74, 6) is 0.766. The largest absolute Gasteiger partial charge is 0.250 e. The maximum absolute atomic E-state index is 3.72. The molecule has 0 amide bonds. The van der Waals surface area contributed by atoms with Crippen LogP contribution in [0.15, 0.2) is 12.7 Å². The van der Waals surface area contributed by atoms with Crippen LogP contribution in [0.1, 0.15) is 0 Å². The van der Waals surface area contributed by atoms with Gasteiger partial charge in [-0.25, -0.2) is 4.31 Å². The van der Waals surface area contributed by atoms with Crippen molar-refractivity contribution >= 4 is 11.9 Å². The van der Waals surface area contributed by atoms with E-state index in [1.54, 1.807) is 0 Å². The highest BCUT2D eigenvalue weighted by atomic mass is 32.2. The Morgan fingerprint density at radius 3 is 2.75 bits per heavy atom. The average Bonchev–Trinajstić information content (AvgIpc) is 1.65. The van der Waals surface area contributed by atoms with Gasteiger partial charge in [0.2, 0.25) is 0 Å². The Labute approximate surface area is 54.9 Å². The average molecular weight is 129 g/mol. The topological polar surface area (TPSA) is 3.24 Å². The highest BCUT2D eigenvalue weighted by Crippen LogP contribution is 2.21. The third-order valence-electron chi connectivity index (χ3n) is 1.47. The Kier molecular flexibility index (Phi) is 1.97. The van der Waals surface area contributed by atoms with Crippen molar-refractivity contribution in [3.8, 4) is 0 Å². The van der Waals surface area contributed by atoms with Gasteiger partial charge in [0.25, 0.3) is 0 Å². The summed E-state index contributed by atoms with van der Waals surface area (Å²) in [6.45, 7) is 6.11. The summed E-state index contributed by atoms with van der Waals surface area (Å²) in [5, 5.41) is 0. The van der Waals surface area contributed by atoms with Crippen LogP contribution in [0, 0.1) is 5.92 Å². The lowest BCUT2D eigenvalue weighted by molar-refractivity contribution is 0.268. The van der Waals surface area contributed by atoms with E-state index in [1.807, 2.05) is 18.0 Å². The summed E-state index contributed by atoms with van der Waals surface area (Å²) >= 11 is 1.82. The molecule has 0 atom stereocenters. The van der Waals surface area contributed by atoms with Gasteiger partial charge in [-0.3, -0.25) is 0 Å². The molecule has 1 aliphatic heterocycles. The van der Waals surface area contributed by atoms with E-state index in [4.69, 9.17) is 0 Å². The number of nitrogens with zero attached hydrogens (tertiary/aromatic N) is 1. The first-order valence-electron chi connectivity index (χ1n) is 2.78. The molecule has 0 aromatic heterocycles. The van der Waals surface area contributed by atoms with Gasteiger partial charge >= 0.3 is 0 Å². The maximum Gasteiger partial charge on any atom is 0.0165 e. The van der Waals surface area contributed by atoms with Gasteiger partial charge in [-0.15, -0.1) is 6.58 Å². The molecule has 8 heavy (non-hydrogen) atoms. The first kappa shape index (κ1) is 6.17. The van der Waals surface area contributed by atoms with E-state index in [9.17, 15) is 0 Å². The molecule has 0 aromatic rings. The van der Waals surface area contributed by atoms with E-state index in [1.165, 1.54) is 13.1 Å². The Balaban J connectivity index is 2.11. The van der Waals surface area contributed by atoms with E-state index in [-0.39, 0.29) is 0 Å². The van der Waals surface area contributed by atoms with Crippen LogP contribution in [0.5, 0.6) is 0 Å². The molecule has 0 spiro atoms. The molecule has 0 unspecified atom stereocenters. The van der Waals surface area contributed by atoms with Crippen LogP contribution in [-0.4, -0.2) is 23.7 Å². The molecule has 2 heteroatoms. The van der Waals surface area contributed by atoms with Crippen molar-refractivity contribution in [1.82, 2.24) is 4.31 Å². The van der Waals surface area contributed by atoms with Gasteiger partial charge < -0.3 is 0 Å². The molecule has 1 rings (SSSR count). The standard InChI is InChI=1S/C6H11NS/c1-3-6-4-7(5-6)8-2/h3,6H,1,4-5H2,2H3. The first-order valence-corrected chi connectivity index (χ1v) is 3.96. The first-order chi connectivity index (χ1) is 3.86. The second kappa shape index (κ2) is 2.55. The number of rotatable bonds is 2. The molecule has 0 saturated carbocycles. The number of hydrogen-bond acceptors (Lipinski definition) is 2. The summed E-state index contributed by atoms with van der Waals surface area (Å²) in [6, 6.07) is 0. The third kappa shape index (κ3) is 1.06. The zero-order chi connectivity index (χ0) is 5.98. The van der Waals surface area contributed by atoms with Crippen LogP contribution in [0.25, 0.3) is 0 Å². The van der Waals surface area contributed by atoms with E-state index < -0.39 is 0 Å². The summed E-state index contributed by atoms with van der Waals surface area (Å²) in [5.41, 5.74) is 0. The van der Waals surface area contributed by atoms with Crippen LogP contribution in [0.3, 0.4) is 0 Å². The fourth-order valence-electron chi connectivity index (χ4n) is 0.768. The third-order valence-corrected chi connectivity index (χ3v) is 2.28. The van der Waals surface area contributed by atoms with Crippen LogP contribution in [0.4, 0.5) is 0 Å². The minimum atomic E-state index is 0.766. The predicted octanol–water partition coefficient (Wildman–Crippen LogP) is 1.38. The molecule has 46 valence electrons. The van der Waals surface area contributed by atoms with Gasteiger partial charge in [0.05, 0.1) is 0 Å². The highest BCUT2D eigenvalue weighted by molar-refractivity contribution is 7.96. The second-order valence-corrected chi connectivity index (χ2v) is 2.91. The second-order valence-electron chi connectivity index (χ2n) is 2.03. The highest BCUT2D eigenvalue weighted by Gasteiger charge is 2.22. The minimum absolute atomic E-state index is 0.766. The van der Waals surface area contributed by atoms with Crippen molar-refractivity contribution in [3.63, 3.8) is 0 Å². The molecule has 0 aromatic carbocycles. The molecule has 0 N–H and O–H groups in total. The van der Waals surface area contributed by atoms with Crippen LogP contribution in [-0.2, 0) is 0 Å². The van der Waals surface area contributed by atoms with Crippen molar-refractivity contribution in [2.24, 2.45) is 5.92 Å². The van der Waals surface area contributed by atoms with Gasteiger partial charge in [-0.1, -0.05) is 18.0 Å². The Hall–Kier alpha value is 0.0500. The predicted molar refractivity (Wildman–Crippen MR) is 38.8 cm³/mol. The van der Waals surface area contributed by atoms with Crippen molar-refractivity contribution in [3.05, 3.63) is 12.7 Å². The Morgan fingerprint density at radius 1 is 1.75 bits per heavy atom. The molecule has 1 heterocycles. The number of hydrogen-bond donors (Lipinski definition) is 0. The molecule has 0 aliphatic carbocycles. The van der Waals surface area contributed by atoms with Gasteiger partial charge in [0.15, 0.2) is 0 Å². The maximum atomic E-state index is 3.72. The van der Waals surface area contributed by atoms with E-state index in [0.717, 1.165) is 5.92 Å². The normalized spacial score (nSPS) is 22.6. The quantitative estimate of drug-likeness (QED) is 0.409. The Bertz CT molecular complexity index is 86.5. The lowest BCUT2D eigenvalue weighted by Crippen LogP contribution is -2.40. The van der Waals surface area contributed by atoms with Crippen LogP contribution >= 0.6 is 11.9 Å². The smallest absolute Gasteiger partial charge is 0.0165 e. The molecule has 1 aliphatic rings. The summed E-state index contributed by atoms with van der Waals surface area (Å²) in [6.07, 6.45) is 4.14. The van der Waals surface area contributed by atoms with E-state index >= 15 is 0 Å². The molecule has 1 nitrogen and oxygen atoms in total. The monoisotopic (exact) mass is 129 g/mol. The lowest BCUT2D eigenvalue weighted by Gasteiger charge is -2.35. The van der Waals surface area contributed by atoms with Crippen LogP contribution in [0.2, 0.25) is 0 Å². The molecule has 0 radical (unpaired) electrons. The summed E-state index contributed by atoms with van der Waals surface area (Å²) < 4.78 is 2.33. The van der Waals surface area contributed by atoms with E-state index in [2.05, 4.69) is 17.1 Å². The molecular formula is C6H11NS. The van der Waals surface area contributed by atoms with Crippen molar-refractivity contribution in [1.29, 1.82) is 0 Å². The Morgan fingerprint density at radius 2 is 2.38 bits per heavy atom. The fraction of sp³-hybridized carbons (Fsp3) is 0.667. The van der Waals surface area contributed by atoms with Gasteiger partial charge in [-0.05, 0) is 6.26 Å². The van der Waals surface area contributed by atoms with Crippen molar-refractivity contribution < 1.29 is 0 Å². The zero-order valence-electron chi connectivity index (χ0n) is 5.13. The van der Waals surface area contributed by atoms with Crippen molar-refractivity contribution in [2.75, 3.05) is 19.3 Å². The van der Waals surface area contributed by atoms with Gasteiger partial charge in [-0.2, -0.15) is 0 Å². The minimum Gasteiger partial charge on any atom is -0.250 e.